The molecule has 2 nitrogen and oxygen atoms in total. The summed E-state index contributed by atoms with van der Waals surface area (Å²) in [4.78, 5) is 2.55. The molecule has 0 radical (unpaired) electrons. The molecule has 0 heterocycles. The molecule has 2 heteroatoms. The van der Waals surface area contributed by atoms with Crippen LogP contribution in [0.25, 0.3) is 0 Å². The number of hydrogen-bond acceptors (Lipinski definition) is 2. The molecule has 0 fully saturated rings. The number of rotatable bonds is 7. The van der Waals surface area contributed by atoms with E-state index in [2.05, 4.69) is 39.5 Å². The molecule has 0 saturated heterocycles. The maximum Gasteiger partial charge on any atom is 0.0246 e. The fraction of sp³-hybridized carbons (Fsp3) is 1.00. The summed E-state index contributed by atoms with van der Waals surface area (Å²) in [7, 11) is 0. The SMILES string of the molecule is CCCN(C(C)C)C(CN)C(C)CC. The Kier molecular flexibility index (Phi) is 7.20. The van der Waals surface area contributed by atoms with Crippen molar-refractivity contribution < 1.29 is 0 Å². The second-order valence-corrected chi connectivity index (χ2v) is 4.52. The van der Waals surface area contributed by atoms with Gasteiger partial charge in [0.1, 0.15) is 0 Å². The number of nitrogens with zero attached hydrogens (tertiary/aromatic N) is 1. The van der Waals surface area contributed by atoms with E-state index in [0.29, 0.717) is 18.0 Å². The summed E-state index contributed by atoms with van der Waals surface area (Å²) in [5.74, 6) is 0.703. The fourth-order valence-electron chi connectivity index (χ4n) is 2.03. The topological polar surface area (TPSA) is 29.3 Å². The number of nitrogens with two attached hydrogens (primary N) is 1. The van der Waals surface area contributed by atoms with Gasteiger partial charge in [0.25, 0.3) is 0 Å². The van der Waals surface area contributed by atoms with Gasteiger partial charge in [-0.3, -0.25) is 4.90 Å². The molecule has 0 rings (SSSR count). The fourth-order valence-corrected chi connectivity index (χ4v) is 2.03. The molecule has 0 aromatic carbocycles. The van der Waals surface area contributed by atoms with Crippen LogP contribution in [0.1, 0.15) is 47.5 Å². The van der Waals surface area contributed by atoms with Crippen molar-refractivity contribution in [1.29, 1.82) is 0 Å². The summed E-state index contributed by atoms with van der Waals surface area (Å²) in [6, 6.07) is 1.16. The lowest BCUT2D eigenvalue weighted by molar-refractivity contribution is 0.115. The van der Waals surface area contributed by atoms with Crippen molar-refractivity contribution in [3.63, 3.8) is 0 Å². The van der Waals surface area contributed by atoms with Crippen molar-refractivity contribution in [3.8, 4) is 0 Å². The van der Waals surface area contributed by atoms with Crippen LogP contribution in [0.5, 0.6) is 0 Å². The Morgan fingerprint density at radius 1 is 1.14 bits per heavy atom. The van der Waals surface area contributed by atoms with E-state index < -0.39 is 0 Å². The molecule has 0 aliphatic rings. The summed E-state index contributed by atoms with van der Waals surface area (Å²) < 4.78 is 0. The van der Waals surface area contributed by atoms with Gasteiger partial charge in [0, 0.05) is 18.6 Å². The lowest BCUT2D eigenvalue weighted by Gasteiger charge is -2.37. The first-order valence-electron chi connectivity index (χ1n) is 6.04. The standard InChI is InChI=1S/C12H28N2/c1-6-8-14(10(3)4)12(9-13)11(5)7-2/h10-12H,6-9,13H2,1-5H3. The summed E-state index contributed by atoms with van der Waals surface area (Å²) in [5.41, 5.74) is 5.88. The molecule has 2 unspecified atom stereocenters. The zero-order chi connectivity index (χ0) is 11.1. The highest BCUT2D eigenvalue weighted by Gasteiger charge is 2.23. The van der Waals surface area contributed by atoms with E-state index in [1.807, 2.05) is 0 Å². The van der Waals surface area contributed by atoms with Gasteiger partial charge in [-0.1, -0.05) is 27.2 Å². The van der Waals surface area contributed by atoms with Gasteiger partial charge < -0.3 is 5.73 Å². The molecule has 0 spiro atoms. The summed E-state index contributed by atoms with van der Waals surface area (Å²) >= 11 is 0. The van der Waals surface area contributed by atoms with E-state index in [9.17, 15) is 0 Å². The van der Waals surface area contributed by atoms with Gasteiger partial charge in [0.05, 0.1) is 0 Å². The lowest BCUT2D eigenvalue weighted by atomic mass is 9.96. The molecular formula is C12H28N2. The van der Waals surface area contributed by atoms with Gasteiger partial charge in [0.15, 0.2) is 0 Å². The highest BCUT2D eigenvalue weighted by atomic mass is 15.2. The van der Waals surface area contributed by atoms with Crippen molar-refractivity contribution >= 4 is 0 Å². The lowest BCUT2D eigenvalue weighted by Crippen LogP contribution is -2.48. The van der Waals surface area contributed by atoms with Crippen molar-refractivity contribution in [2.24, 2.45) is 11.7 Å². The first-order valence-corrected chi connectivity index (χ1v) is 6.04. The van der Waals surface area contributed by atoms with Crippen LogP contribution in [0.3, 0.4) is 0 Å². The van der Waals surface area contributed by atoms with Crippen LogP contribution < -0.4 is 5.73 Å². The normalized spacial score (nSPS) is 16.3. The Morgan fingerprint density at radius 2 is 1.71 bits per heavy atom. The van der Waals surface area contributed by atoms with E-state index in [1.54, 1.807) is 0 Å². The Hall–Kier alpha value is -0.0800. The van der Waals surface area contributed by atoms with Crippen molar-refractivity contribution in [3.05, 3.63) is 0 Å². The van der Waals surface area contributed by atoms with Crippen LogP contribution >= 0.6 is 0 Å². The maximum atomic E-state index is 5.88. The smallest absolute Gasteiger partial charge is 0.0246 e. The Bertz CT molecular complexity index is 134. The molecule has 0 aliphatic heterocycles. The van der Waals surface area contributed by atoms with Crippen molar-refractivity contribution in [2.45, 2.75) is 59.5 Å². The van der Waals surface area contributed by atoms with Crippen LogP contribution in [0.2, 0.25) is 0 Å². The zero-order valence-electron chi connectivity index (χ0n) is 10.6. The maximum absolute atomic E-state index is 5.88. The van der Waals surface area contributed by atoms with Crippen LogP contribution in [0.4, 0.5) is 0 Å². The van der Waals surface area contributed by atoms with Crippen LogP contribution in [-0.2, 0) is 0 Å². The molecule has 0 amide bonds. The Morgan fingerprint density at radius 3 is 2.00 bits per heavy atom. The third-order valence-electron chi connectivity index (χ3n) is 3.11. The molecule has 14 heavy (non-hydrogen) atoms. The monoisotopic (exact) mass is 200 g/mol. The Balaban J connectivity index is 4.40. The van der Waals surface area contributed by atoms with E-state index >= 15 is 0 Å². The minimum absolute atomic E-state index is 0.556. The van der Waals surface area contributed by atoms with Crippen LogP contribution in [-0.4, -0.2) is 30.1 Å². The third-order valence-corrected chi connectivity index (χ3v) is 3.11. The summed E-state index contributed by atoms with van der Waals surface area (Å²) in [6.07, 6.45) is 2.43. The summed E-state index contributed by atoms with van der Waals surface area (Å²) in [5, 5.41) is 0. The van der Waals surface area contributed by atoms with Gasteiger partial charge >= 0.3 is 0 Å². The van der Waals surface area contributed by atoms with Gasteiger partial charge in [-0.25, -0.2) is 0 Å². The minimum atomic E-state index is 0.556. The quantitative estimate of drug-likeness (QED) is 0.684. The molecule has 0 bridgehead atoms. The highest BCUT2D eigenvalue weighted by molar-refractivity contribution is 4.79. The van der Waals surface area contributed by atoms with Crippen molar-refractivity contribution in [2.75, 3.05) is 13.1 Å². The molecule has 0 aliphatic carbocycles. The second kappa shape index (κ2) is 7.24. The highest BCUT2D eigenvalue weighted by Crippen LogP contribution is 2.16. The minimum Gasteiger partial charge on any atom is -0.329 e. The largest absolute Gasteiger partial charge is 0.329 e. The van der Waals surface area contributed by atoms with Gasteiger partial charge in [0.2, 0.25) is 0 Å². The van der Waals surface area contributed by atoms with Gasteiger partial charge in [-0.15, -0.1) is 0 Å². The zero-order valence-corrected chi connectivity index (χ0v) is 10.6. The summed E-state index contributed by atoms with van der Waals surface area (Å²) in [6.45, 7) is 13.3. The molecule has 86 valence electrons. The third kappa shape index (κ3) is 3.97. The molecule has 2 atom stereocenters. The Labute approximate surface area is 89.9 Å². The van der Waals surface area contributed by atoms with Gasteiger partial charge in [-0.05, 0) is 32.7 Å². The van der Waals surface area contributed by atoms with Crippen LogP contribution in [0.15, 0.2) is 0 Å². The van der Waals surface area contributed by atoms with Crippen LogP contribution in [0, 0.1) is 5.92 Å². The predicted molar refractivity (Wildman–Crippen MR) is 64.4 cm³/mol. The molecule has 0 aromatic rings. The first kappa shape index (κ1) is 13.9. The average Bonchev–Trinajstić information content (AvgIpc) is 2.16. The second-order valence-electron chi connectivity index (χ2n) is 4.52. The van der Waals surface area contributed by atoms with E-state index in [-0.39, 0.29) is 0 Å². The predicted octanol–water partition coefficient (Wildman–Crippen LogP) is 2.48. The van der Waals surface area contributed by atoms with E-state index in [0.717, 1.165) is 6.54 Å². The van der Waals surface area contributed by atoms with E-state index in [1.165, 1.54) is 19.4 Å². The van der Waals surface area contributed by atoms with Gasteiger partial charge in [-0.2, -0.15) is 0 Å². The molecular weight excluding hydrogens is 172 g/mol. The first-order chi connectivity index (χ1) is 6.58. The molecule has 2 N–H and O–H groups in total. The number of hydrogen-bond donors (Lipinski definition) is 1. The van der Waals surface area contributed by atoms with Crippen molar-refractivity contribution in [1.82, 2.24) is 4.90 Å². The average molecular weight is 200 g/mol. The molecule has 0 saturated carbocycles. The molecule has 0 aromatic heterocycles. The van der Waals surface area contributed by atoms with E-state index in [4.69, 9.17) is 5.73 Å².